The Morgan fingerprint density at radius 2 is 2.10 bits per heavy atom. The minimum Gasteiger partial charge on any atom is -0.307 e. The van der Waals surface area contributed by atoms with Crippen LogP contribution in [-0.4, -0.2) is 20.9 Å². The van der Waals surface area contributed by atoms with Gasteiger partial charge >= 0.3 is 6.03 Å². The summed E-state index contributed by atoms with van der Waals surface area (Å²) in [7, 11) is 0. The molecule has 8 nitrogen and oxygen atoms in total. The van der Waals surface area contributed by atoms with Crippen LogP contribution in [0.5, 0.6) is 0 Å². The molecule has 0 bridgehead atoms. The van der Waals surface area contributed by atoms with Crippen molar-refractivity contribution >= 4 is 34.8 Å². The third-order valence-electron chi connectivity index (χ3n) is 2.21. The Labute approximate surface area is 118 Å². The van der Waals surface area contributed by atoms with E-state index in [0.717, 1.165) is 0 Å². The van der Waals surface area contributed by atoms with Crippen LogP contribution in [0, 0.1) is 10.1 Å². The summed E-state index contributed by atoms with van der Waals surface area (Å²) in [6, 6.07) is 3.35. The van der Waals surface area contributed by atoms with E-state index >= 15 is 0 Å². The first-order chi connectivity index (χ1) is 9.56. The van der Waals surface area contributed by atoms with Gasteiger partial charge in [0.2, 0.25) is 0 Å². The summed E-state index contributed by atoms with van der Waals surface area (Å²) in [5.74, 6) is 0.258. The van der Waals surface area contributed by atoms with Crippen molar-refractivity contribution in [2.75, 3.05) is 10.6 Å². The normalized spacial score (nSPS) is 9.85. The van der Waals surface area contributed by atoms with Gasteiger partial charge in [0, 0.05) is 24.1 Å². The van der Waals surface area contributed by atoms with Gasteiger partial charge in [0.1, 0.15) is 5.02 Å². The van der Waals surface area contributed by atoms with Crippen molar-refractivity contribution in [3.8, 4) is 0 Å². The number of hydrogen-bond acceptors (Lipinski definition) is 5. The van der Waals surface area contributed by atoms with Crippen LogP contribution in [0.2, 0.25) is 5.02 Å². The van der Waals surface area contributed by atoms with Crippen LogP contribution in [0.3, 0.4) is 0 Å². The number of carbonyl (C=O) groups is 1. The highest BCUT2D eigenvalue weighted by atomic mass is 35.5. The number of nitro groups is 1. The zero-order chi connectivity index (χ0) is 14.5. The van der Waals surface area contributed by atoms with Crippen molar-refractivity contribution in [1.29, 1.82) is 0 Å². The van der Waals surface area contributed by atoms with Crippen LogP contribution < -0.4 is 10.6 Å². The molecule has 1 aromatic heterocycles. The summed E-state index contributed by atoms with van der Waals surface area (Å²) in [5, 5.41) is 15.6. The molecule has 0 aliphatic carbocycles. The van der Waals surface area contributed by atoms with Gasteiger partial charge in [0.05, 0.1) is 11.1 Å². The summed E-state index contributed by atoms with van der Waals surface area (Å²) in [5.41, 5.74) is -0.0496. The molecule has 2 N–H and O–H groups in total. The Balaban J connectivity index is 2.08. The average Bonchev–Trinajstić information content (AvgIpc) is 2.41. The molecule has 0 aliphatic rings. The predicted octanol–water partition coefficient (Wildman–Crippen LogP) is 2.68. The van der Waals surface area contributed by atoms with Gasteiger partial charge in [-0.3, -0.25) is 20.4 Å². The topological polar surface area (TPSA) is 110 Å². The van der Waals surface area contributed by atoms with E-state index in [1.165, 1.54) is 36.8 Å². The summed E-state index contributed by atoms with van der Waals surface area (Å²) < 4.78 is 0. The third-order valence-corrected chi connectivity index (χ3v) is 2.53. The number of hydrogen-bond donors (Lipinski definition) is 2. The maximum Gasteiger partial charge on any atom is 0.324 e. The number of carbonyl (C=O) groups excluding carboxylic acids is 1. The lowest BCUT2D eigenvalue weighted by molar-refractivity contribution is -0.384. The highest BCUT2D eigenvalue weighted by Crippen LogP contribution is 2.27. The zero-order valence-electron chi connectivity index (χ0n) is 9.91. The number of rotatable bonds is 3. The molecular formula is C11H8ClN5O3. The fourth-order valence-corrected chi connectivity index (χ4v) is 1.56. The molecule has 102 valence electrons. The fourth-order valence-electron chi connectivity index (χ4n) is 1.37. The van der Waals surface area contributed by atoms with Gasteiger partial charge in [-0.2, -0.15) is 0 Å². The molecule has 0 radical (unpaired) electrons. The molecule has 0 saturated heterocycles. The second-order valence-electron chi connectivity index (χ2n) is 3.59. The quantitative estimate of drug-likeness (QED) is 0.667. The minimum absolute atomic E-state index is 0.00474. The molecule has 0 atom stereocenters. The van der Waals surface area contributed by atoms with E-state index in [-0.39, 0.29) is 22.2 Å². The van der Waals surface area contributed by atoms with Crippen LogP contribution in [0.4, 0.5) is 22.0 Å². The number of amides is 2. The Kier molecular flexibility index (Phi) is 4.06. The molecule has 2 amide bonds. The van der Waals surface area contributed by atoms with Crippen molar-refractivity contribution < 1.29 is 9.72 Å². The first-order valence-electron chi connectivity index (χ1n) is 5.34. The average molecular weight is 294 g/mol. The van der Waals surface area contributed by atoms with Crippen LogP contribution >= 0.6 is 11.6 Å². The molecule has 0 saturated carbocycles. The van der Waals surface area contributed by atoms with Gasteiger partial charge in [-0.05, 0) is 12.1 Å². The lowest BCUT2D eigenvalue weighted by Gasteiger charge is -2.06. The number of aromatic nitrogens is 2. The van der Waals surface area contributed by atoms with E-state index in [1.54, 1.807) is 0 Å². The lowest BCUT2D eigenvalue weighted by Crippen LogP contribution is -2.20. The van der Waals surface area contributed by atoms with E-state index < -0.39 is 11.0 Å². The summed E-state index contributed by atoms with van der Waals surface area (Å²) in [6.07, 6.45) is 4.25. The molecule has 1 aromatic carbocycles. The molecule has 0 spiro atoms. The first-order valence-corrected chi connectivity index (χ1v) is 5.72. The summed E-state index contributed by atoms with van der Waals surface area (Å²) in [4.78, 5) is 29.4. The van der Waals surface area contributed by atoms with Crippen LogP contribution in [-0.2, 0) is 0 Å². The minimum atomic E-state index is -0.631. The number of nitrogens with zero attached hydrogens (tertiary/aromatic N) is 3. The highest BCUT2D eigenvalue weighted by molar-refractivity contribution is 6.32. The SMILES string of the molecule is O=C(Nc1ccc(Cl)c([N+](=O)[O-])c1)Nc1cnccn1. The Morgan fingerprint density at radius 1 is 1.30 bits per heavy atom. The molecule has 0 aliphatic heterocycles. The molecular weight excluding hydrogens is 286 g/mol. The van der Waals surface area contributed by atoms with E-state index in [1.807, 2.05) is 0 Å². The molecule has 2 aromatic rings. The molecule has 1 heterocycles. The molecule has 9 heteroatoms. The summed E-state index contributed by atoms with van der Waals surface area (Å²) >= 11 is 5.67. The molecule has 0 unspecified atom stereocenters. The second-order valence-corrected chi connectivity index (χ2v) is 4.00. The van der Waals surface area contributed by atoms with Gasteiger partial charge in [-0.1, -0.05) is 11.6 Å². The predicted molar refractivity (Wildman–Crippen MR) is 72.8 cm³/mol. The standard InChI is InChI=1S/C11H8ClN5O3/c12-8-2-1-7(5-9(8)17(19)20)15-11(18)16-10-6-13-3-4-14-10/h1-6H,(H2,14,15,16,18). The number of benzene rings is 1. The van der Waals surface area contributed by atoms with Gasteiger partial charge < -0.3 is 5.32 Å². The number of nitro benzene ring substituents is 1. The van der Waals surface area contributed by atoms with Crippen molar-refractivity contribution in [2.24, 2.45) is 0 Å². The lowest BCUT2D eigenvalue weighted by atomic mass is 10.3. The van der Waals surface area contributed by atoms with Crippen LogP contribution in [0.1, 0.15) is 0 Å². The Hall–Kier alpha value is -2.74. The monoisotopic (exact) mass is 293 g/mol. The number of halogens is 1. The number of nitrogens with one attached hydrogen (secondary N) is 2. The van der Waals surface area contributed by atoms with Gasteiger partial charge in [0.25, 0.3) is 5.69 Å². The van der Waals surface area contributed by atoms with E-state index in [0.29, 0.717) is 0 Å². The van der Waals surface area contributed by atoms with Gasteiger partial charge in [-0.15, -0.1) is 0 Å². The van der Waals surface area contributed by atoms with Gasteiger partial charge in [-0.25, -0.2) is 9.78 Å². The maximum absolute atomic E-state index is 11.7. The van der Waals surface area contributed by atoms with Crippen LogP contribution in [0.15, 0.2) is 36.8 Å². The van der Waals surface area contributed by atoms with Crippen molar-refractivity contribution in [2.45, 2.75) is 0 Å². The number of urea groups is 1. The highest BCUT2D eigenvalue weighted by Gasteiger charge is 2.14. The Bertz CT molecular complexity index is 650. The molecule has 20 heavy (non-hydrogen) atoms. The first kappa shape index (κ1) is 13.7. The van der Waals surface area contributed by atoms with Crippen LogP contribution in [0.25, 0.3) is 0 Å². The van der Waals surface area contributed by atoms with Crippen molar-refractivity contribution in [3.05, 3.63) is 51.9 Å². The molecule has 2 rings (SSSR count). The van der Waals surface area contributed by atoms with Crippen molar-refractivity contribution in [1.82, 2.24) is 9.97 Å². The second kappa shape index (κ2) is 5.93. The van der Waals surface area contributed by atoms with E-state index in [9.17, 15) is 14.9 Å². The fraction of sp³-hybridized carbons (Fsp3) is 0. The van der Waals surface area contributed by atoms with Crippen molar-refractivity contribution in [3.63, 3.8) is 0 Å². The third kappa shape index (κ3) is 3.39. The van der Waals surface area contributed by atoms with E-state index in [4.69, 9.17) is 11.6 Å². The maximum atomic E-state index is 11.7. The Morgan fingerprint density at radius 3 is 2.75 bits per heavy atom. The largest absolute Gasteiger partial charge is 0.324 e. The zero-order valence-corrected chi connectivity index (χ0v) is 10.7. The van der Waals surface area contributed by atoms with Gasteiger partial charge in [0.15, 0.2) is 5.82 Å². The number of anilines is 2. The van der Waals surface area contributed by atoms with E-state index in [2.05, 4.69) is 20.6 Å². The summed E-state index contributed by atoms with van der Waals surface area (Å²) in [6.45, 7) is 0. The smallest absolute Gasteiger partial charge is 0.307 e. The molecule has 0 fully saturated rings.